The molecule has 0 saturated carbocycles. The summed E-state index contributed by atoms with van der Waals surface area (Å²) in [4.78, 5) is 136. The van der Waals surface area contributed by atoms with Crippen LogP contribution in [0.3, 0.4) is 0 Å². The number of carbonyl (C=O) groups is 9. The van der Waals surface area contributed by atoms with Gasteiger partial charge in [-0.25, -0.2) is 9.59 Å². The fourth-order valence-corrected chi connectivity index (χ4v) is 15.6. The SMILES string of the molecule is CN[C@H]1C(=O)NC2Cc3ccc(cc3)Oc3cc4cc(c3O[C@@H]3O[C@H](C(=O)O)[C@@H](O)[C@H](O)[C@H]3NC(=O)CCCCCCCCC(C)C)Oc3ccc(cc3Cl)[C@@H](O)[C@@H]3NC(=O)[C@H](NC(=O)[C@@H]4NC(=O)[C@@H](NC2=O)c2cc(cc(O)c2Cl)Oc2cc1ccc2O)c1ccc(O)c(c1)-c1c(O[C@H]2O[C@H](CO)[C@@H](O)[C@H](O)[C@@H]2O)cc(O)cc1[C@@H](C(=O)O)NC3=O. The van der Waals surface area contributed by atoms with Crippen LogP contribution in [0, 0.1) is 5.92 Å². The molecule has 0 radical (unpaired) electrons. The number of aliphatic hydroxyl groups excluding tert-OH is 7. The maximum absolute atomic E-state index is 16.7. The Bertz CT molecular complexity index is 5200. The van der Waals surface area contributed by atoms with Crippen molar-refractivity contribution in [2.75, 3.05) is 13.7 Å². The number of amides is 7. The summed E-state index contributed by atoms with van der Waals surface area (Å²) in [5.41, 5.74) is -3.29. The molecule has 8 heterocycles. The Morgan fingerprint density at radius 3 is 1.86 bits per heavy atom. The number of likely N-dealkylation sites (N-methyl/N-ethyl adjacent to an activating group) is 1. The summed E-state index contributed by atoms with van der Waals surface area (Å²) >= 11 is 14.2. The number of phenolic OH excluding ortho intramolecular Hbond substituents is 4. The van der Waals surface area contributed by atoms with Crippen molar-refractivity contribution in [3.63, 3.8) is 0 Å². The molecule has 39 heteroatoms. The highest BCUT2D eigenvalue weighted by atomic mass is 35.5. The van der Waals surface area contributed by atoms with Gasteiger partial charge >= 0.3 is 11.9 Å². The van der Waals surface area contributed by atoms with Crippen LogP contribution in [0.5, 0.6) is 69.0 Å². The van der Waals surface area contributed by atoms with Gasteiger partial charge in [-0.2, -0.15) is 0 Å². The Morgan fingerprint density at radius 1 is 0.533 bits per heavy atom. The van der Waals surface area contributed by atoms with Gasteiger partial charge in [-0.05, 0) is 120 Å². The van der Waals surface area contributed by atoms with Crippen LogP contribution in [0.2, 0.25) is 10.0 Å². The minimum absolute atomic E-state index is 0.153. The van der Waals surface area contributed by atoms with Crippen molar-refractivity contribution >= 4 is 76.5 Å². The highest BCUT2D eigenvalue weighted by Gasteiger charge is 2.52. The molecular formula is C83H88Cl2N8O29. The number of aliphatic hydroxyl groups is 7. The summed E-state index contributed by atoms with van der Waals surface area (Å²) in [6, 6.07) is 4.41. The summed E-state index contributed by atoms with van der Waals surface area (Å²) in [6.45, 7) is 3.26. The third-order valence-corrected chi connectivity index (χ3v) is 22.3. The van der Waals surface area contributed by atoms with E-state index in [1.165, 1.54) is 49.5 Å². The van der Waals surface area contributed by atoms with E-state index >= 15 is 24.0 Å². The monoisotopic (exact) mass is 1730 g/mol. The molecule has 17 bridgehead atoms. The molecule has 7 amide bonds. The number of carboxylic acids is 2. The smallest absolute Gasteiger partial charge is 0.335 e. The largest absolute Gasteiger partial charge is 0.508 e. The number of phenols is 4. The van der Waals surface area contributed by atoms with Crippen molar-refractivity contribution in [2.45, 2.75) is 181 Å². The van der Waals surface area contributed by atoms with E-state index in [0.717, 1.165) is 105 Å². The predicted octanol–water partition coefficient (Wildman–Crippen LogP) is 4.18. The Hall–Kier alpha value is -11.9. The molecular weight excluding hydrogens is 1640 g/mol. The molecule has 2 fully saturated rings. The lowest BCUT2D eigenvalue weighted by atomic mass is 9.89. The number of rotatable bonds is 18. The first-order valence-electron chi connectivity index (χ1n) is 38.9. The molecule has 18 atom stereocenters. The molecule has 1 unspecified atom stereocenters. The van der Waals surface area contributed by atoms with E-state index in [-0.39, 0.29) is 40.4 Å². The number of halogens is 2. The second-order valence-corrected chi connectivity index (χ2v) is 31.4. The Morgan fingerprint density at radius 2 is 1.17 bits per heavy atom. The van der Waals surface area contributed by atoms with Crippen LogP contribution >= 0.6 is 23.2 Å². The van der Waals surface area contributed by atoms with Crippen molar-refractivity contribution in [1.29, 1.82) is 0 Å². The number of benzene rings is 7. The molecule has 0 aromatic heterocycles. The summed E-state index contributed by atoms with van der Waals surface area (Å²) in [6.07, 6.45) is -16.3. The number of fused-ring (bicyclic) bond motifs is 14. The normalized spacial score (nSPS) is 26.5. The van der Waals surface area contributed by atoms with Crippen LogP contribution in [0.1, 0.15) is 140 Å². The van der Waals surface area contributed by atoms with Crippen molar-refractivity contribution in [2.24, 2.45) is 5.92 Å². The quantitative estimate of drug-likeness (QED) is 0.0536. The molecule has 37 nitrogen and oxygen atoms in total. The molecule has 122 heavy (non-hydrogen) atoms. The average molecular weight is 1730 g/mol. The van der Waals surface area contributed by atoms with E-state index < -0.39 is 271 Å². The van der Waals surface area contributed by atoms with Crippen LogP contribution in [0.4, 0.5) is 0 Å². The number of ether oxygens (including phenoxy) is 7. The number of hydrogen-bond donors (Lipinski definition) is 21. The molecule has 7 aromatic carbocycles. The van der Waals surface area contributed by atoms with Crippen molar-refractivity contribution in [3.8, 4) is 80.1 Å². The van der Waals surface area contributed by atoms with Crippen molar-refractivity contribution < 1.29 is 143 Å². The fourth-order valence-electron chi connectivity index (χ4n) is 15.2. The van der Waals surface area contributed by atoms with Crippen LogP contribution in [0.25, 0.3) is 11.1 Å². The molecule has 2 saturated heterocycles. The van der Waals surface area contributed by atoms with Gasteiger partial charge in [0.2, 0.25) is 59.7 Å². The maximum atomic E-state index is 16.7. The first kappa shape index (κ1) is 88.0. The minimum Gasteiger partial charge on any atom is -0.508 e. The summed E-state index contributed by atoms with van der Waals surface area (Å²) in [5.74, 6) is -19.0. The van der Waals surface area contributed by atoms with E-state index in [2.05, 4.69) is 56.4 Å². The van der Waals surface area contributed by atoms with E-state index in [4.69, 9.17) is 56.4 Å². The molecule has 21 N–H and O–H groups in total. The van der Waals surface area contributed by atoms with E-state index in [0.29, 0.717) is 18.8 Å². The van der Waals surface area contributed by atoms with Gasteiger partial charge in [-0.1, -0.05) is 106 Å². The van der Waals surface area contributed by atoms with Crippen LogP contribution in [-0.4, -0.2) is 207 Å². The first-order chi connectivity index (χ1) is 58.2. The summed E-state index contributed by atoms with van der Waals surface area (Å²) in [5, 5.41) is 167. The number of carbonyl (C=O) groups excluding carboxylic acids is 7. The van der Waals surface area contributed by atoms with Gasteiger partial charge in [-0.3, -0.25) is 33.6 Å². The molecule has 648 valence electrons. The van der Waals surface area contributed by atoms with Gasteiger partial charge in [-0.15, -0.1) is 0 Å². The average Bonchev–Trinajstić information content (AvgIpc) is 0.760. The van der Waals surface area contributed by atoms with Crippen LogP contribution in [-0.2, 0) is 59.0 Å². The number of nitrogens with one attached hydrogen (secondary N) is 8. The number of unbranched alkanes of at least 4 members (excludes halogenated alkanes) is 5. The molecule has 0 aliphatic carbocycles. The van der Waals surface area contributed by atoms with Crippen molar-refractivity contribution in [3.05, 3.63) is 164 Å². The maximum Gasteiger partial charge on any atom is 0.335 e. The Kier molecular flexibility index (Phi) is 26.8. The highest BCUT2D eigenvalue weighted by molar-refractivity contribution is 6.33. The third-order valence-electron chi connectivity index (χ3n) is 21.6. The number of aromatic hydroxyl groups is 4. The molecule has 8 aliphatic heterocycles. The van der Waals surface area contributed by atoms with Gasteiger partial charge in [0.15, 0.2) is 35.1 Å². The minimum atomic E-state index is -2.47. The van der Waals surface area contributed by atoms with Gasteiger partial charge in [0.25, 0.3) is 0 Å². The van der Waals surface area contributed by atoms with E-state index in [1.807, 2.05) is 0 Å². The molecule has 7 aromatic rings. The van der Waals surface area contributed by atoms with Gasteiger partial charge in [0.05, 0.1) is 16.7 Å². The van der Waals surface area contributed by atoms with Gasteiger partial charge in [0, 0.05) is 47.2 Å². The summed E-state index contributed by atoms with van der Waals surface area (Å²) in [7, 11) is 1.42. The van der Waals surface area contributed by atoms with Crippen molar-refractivity contribution in [1.82, 2.24) is 42.5 Å². The lowest BCUT2D eigenvalue weighted by Gasteiger charge is -2.41. The number of aliphatic carboxylic acids is 2. The topological polar surface area (TPSA) is 577 Å². The first-order valence-corrected chi connectivity index (χ1v) is 39.7. The lowest BCUT2D eigenvalue weighted by Crippen LogP contribution is -2.66. The van der Waals surface area contributed by atoms with Crippen LogP contribution in [0.15, 0.2) is 115 Å². The molecule has 15 rings (SSSR count). The lowest BCUT2D eigenvalue weighted by molar-refractivity contribution is -0.277. The zero-order valence-electron chi connectivity index (χ0n) is 65.1. The summed E-state index contributed by atoms with van der Waals surface area (Å²) < 4.78 is 44.0. The van der Waals surface area contributed by atoms with E-state index in [9.17, 15) is 85.6 Å². The highest BCUT2D eigenvalue weighted by Crippen LogP contribution is 2.50. The predicted molar refractivity (Wildman–Crippen MR) is 424 cm³/mol. The Balaban J connectivity index is 1.04. The molecule has 8 aliphatic rings. The van der Waals surface area contributed by atoms with E-state index in [1.54, 1.807) is 0 Å². The van der Waals surface area contributed by atoms with Crippen LogP contribution < -0.4 is 66.2 Å². The number of hydrogen-bond acceptors (Lipinski definition) is 28. The van der Waals surface area contributed by atoms with Gasteiger partial charge in [0.1, 0.15) is 125 Å². The molecule has 0 spiro atoms. The van der Waals surface area contributed by atoms with Gasteiger partial charge < -0.3 is 142 Å². The zero-order chi connectivity index (χ0) is 87.6. The number of carboxylic acid groups (broad SMARTS) is 2. The second kappa shape index (κ2) is 37.2. The Labute approximate surface area is 703 Å². The third kappa shape index (κ3) is 18.9. The standard InChI is InChI=1S/C83H88Cl2N8O29/c1-33(2)10-8-6-4-5-7-9-11-56(99)88-65-68(102)70(104)73(81(114)115)122-82(65)121-72-53-26-38-27-54(72)118-50-21-16-37(24-45(50)84)66(100)64-79(111)92-63(80(112)113)43-28-39(95)29-52(119-83-71(105)69(103)67(101)55(32-94)120-83)57(43)42-23-35(14-19-47(42)96)60(76(108)93-64)89-77(109)61(38)90-78(110)62-44-30-41(31-49(98)58(44)85)117-51-25-36(15-20-48(51)97)59(86-3)75(107)87-46(74(106)91-62)22-34-12-17-40(116-53)18-13-34/h12-21,23-31,33,46,55,59-71,73,82-83,86,94-98,100-105H,4-11,22,32H2,1-3H3,(H,87,107)(H,88,99)(H,89,109)(H,90,110)(H,91,106)(H,92,111)(H,93,108)(H,112,113)(H,114,115)/t46?,55-,59-,60-,61-,62+,63+,64+,65-,66-,67-,68-,69+,70+,71+,73+,82-,83+/m1/s1. The fraction of sp³-hybridized carbons (Fsp3) is 0.386. The second-order valence-electron chi connectivity index (χ2n) is 30.6. The zero-order valence-corrected chi connectivity index (χ0v) is 66.6.